The molecule has 0 amide bonds. The van der Waals surface area contributed by atoms with Crippen LogP contribution in [0, 0.1) is 0 Å². The van der Waals surface area contributed by atoms with Crippen molar-refractivity contribution in [1.82, 2.24) is 9.55 Å². The number of fused-ring (bicyclic) bond motifs is 5. The Kier molecular flexibility index (Phi) is 3.15. The average Bonchev–Trinajstić information content (AvgIpc) is 3.07. The van der Waals surface area contributed by atoms with Crippen LogP contribution in [0.25, 0.3) is 22.4 Å². The lowest BCUT2D eigenvalue weighted by atomic mass is 10.1. The number of aromatic hydroxyl groups is 1. The molecule has 1 aromatic heterocycles. The van der Waals surface area contributed by atoms with Crippen molar-refractivity contribution in [3.05, 3.63) is 72.3 Å². The molecule has 0 aliphatic carbocycles. The summed E-state index contributed by atoms with van der Waals surface area (Å²) < 4.78 is 7.36. The number of para-hydroxylation sites is 3. The molecular weight excluding hydrogens is 326 g/mol. The lowest BCUT2D eigenvalue weighted by Crippen LogP contribution is -2.24. The zero-order valence-corrected chi connectivity index (χ0v) is 14.2. The molecule has 26 heavy (non-hydrogen) atoms. The van der Waals surface area contributed by atoms with Crippen LogP contribution in [0.1, 0.15) is 11.7 Å². The summed E-state index contributed by atoms with van der Waals surface area (Å²) in [6.07, 6.45) is -0.177. The number of imidazole rings is 1. The van der Waals surface area contributed by atoms with Crippen LogP contribution >= 0.6 is 0 Å². The number of benzene rings is 3. The van der Waals surface area contributed by atoms with E-state index in [-0.39, 0.29) is 11.9 Å². The zero-order chi connectivity index (χ0) is 17.7. The summed E-state index contributed by atoms with van der Waals surface area (Å²) in [5.74, 6) is 1.50. The Bertz CT molecular complexity index is 1130. The van der Waals surface area contributed by atoms with Gasteiger partial charge >= 0.3 is 0 Å². The molecular formula is C21H17N3O2. The Balaban J connectivity index is 1.77. The number of nitrogens with zero attached hydrogens (tertiary/aromatic N) is 2. The molecule has 1 atom stereocenters. The van der Waals surface area contributed by atoms with Gasteiger partial charge in [-0.15, -0.1) is 0 Å². The van der Waals surface area contributed by atoms with Crippen LogP contribution in [-0.4, -0.2) is 21.8 Å². The third-order valence-corrected chi connectivity index (χ3v) is 4.83. The van der Waals surface area contributed by atoms with Gasteiger partial charge in [0.2, 0.25) is 0 Å². The van der Waals surface area contributed by atoms with Gasteiger partial charge in [0.1, 0.15) is 12.0 Å². The standard InChI is InChI=1S/C21H17N3O2/c1-26-19-11-10-13(12-18(19)25)20-22-15-7-3-2-6-14(15)21-23-16-8-4-5-9-17(16)24(20)21/h2-12,20,22,25H,1H3/t20-/m0/s1. The minimum atomic E-state index is -0.177. The zero-order valence-electron chi connectivity index (χ0n) is 14.2. The molecule has 128 valence electrons. The SMILES string of the molecule is COc1ccc([C@H]2Nc3ccccc3-c3nc4ccccc4n32)cc1O. The van der Waals surface area contributed by atoms with Crippen LogP contribution in [0.15, 0.2) is 66.7 Å². The molecule has 2 N–H and O–H groups in total. The molecule has 4 aromatic rings. The molecule has 5 rings (SSSR count). The third-order valence-electron chi connectivity index (χ3n) is 4.83. The van der Waals surface area contributed by atoms with Crippen LogP contribution < -0.4 is 10.1 Å². The van der Waals surface area contributed by atoms with Gasteiger partial charge in [-0.25, -0.2) is 4.98 Å². The van der Waals surface area contributed by atoms with E-state index in [1.54, 1.807) is 19.2 Å². The van der Waals surface area contributed by atoms with E-state index in [1.807, 2.05) is 36.4 Å². The molecule has 1 aliphatic rings. The maximum Gasteiger partial charge on any atom is 0.160 e. The van der Waals surface area contributed by atoms with Gasteiger partial charge in [-0.1, -0.05) is 30.3 Å². The van der Waals surface area contributed by atoms with E-state index in [4.69, 9.17) is 9.72 Å². The number of nitrogens with one attached hydrogen (secondary N) is 1. The summed E-state index contributed by atoms with van der Waals surface area (Å²) in [5, 5.41) is 13.8. The summed E-state index contributed by atoms with van der Waals surface area (Å²) in [5.41, 5.74) is 5.02. The monoisotopic (exact) mass is 343 g/mol. The van der Waals surface area contributed by atoms with E-state index >= 15 is 0 Å². The fourth-order valence-electron chi connectivity index (χ4n) is 3.62. The highest BCUT2D eigenvalue weighted by molar-refractivity contribution is 5.86. The first kappa shape index (κ1) is 14.8. The topological polar surface area (TPSA) is 59.3 Å². The Morgan fingerprint density at radius 3 is 2.69 bits per heavy atom. The van der Waals surface area contributed by atoms with Crippen molar-refractivity contribution in [1.29, 1.82) is 0 Å². The van der Waals surface area contributed by atoms with Gasteiger partial charge < -0.3 is 15.2 Å². The van der Waals surface area contributed by atoms with Crippen LogP contribution in [0.5, 0.6) is 11.5 Å². The van der Waals surface area contributed by atoms with Crippen molar-refractivity contribution in [2.45, 2.75) is 6.17 Å². The molecule has 1 aliphatic heterocycles. The predicted molar refractivity (Wildman–Crippen MR) is 102 cm³/mol. The molecule has 2 heterocycles. The fraction of sp³-hybridized carbons (Fsp3) is 0.0952. The van der Waals surface area contributed by atoms with Crippen molar-refractivity contribution in [2.75, 3.05) is 12.4 Å². The molecule has 0 bridgehead atoms. The van der Waals surface area contributed by atoms with E-state index < -0.39 is 0 Å². The highest BCUT2D eigenvalue weighted by atomic mass is 16.5. The number of anilines is 1. The largest absolute Gasteiger partial charge is 0.504 e. The molecule has 0 radical (unpaired) electrons. The number of rotatable bonds is 2. The number of phenols is 1. The Morgan fingerprint density at radius 1 is 1.04 bits per heavy atom. The van der Waals surface area contributed by atoms with Gasteiger partial charge in [-0.2, -0.15) is 0 Å². The van der Waals surface area contributed by atoms with Gasteiger partial charge in [0, 0.05) is 11.3 Å². The van der Waals surface area contributed by atoms with Gasteiger partial charge in [-0.3, -0.25) is 4.57 Å². The smallest absolute Gasteiger partial charge is 0.160 e. The number of phenolic OH excluding ortho intramolecular Hbond substituents is 1. The number of hydrogen-bond donors (Lipinski definition) is 2. The predicted octanol–water partition coefficient (Wildman–Crippen LogP) is 4.39. The number of methoxy groups -OCH3 is 1. The minimum absolute atomic E-state index is 0.122. The molecule has 5 nitrogen and oxygen atoms in total. The maximum atomic E-state index is 10.3. The average molecular weight is 343 g/mol. The van der Waals surface area contributed by atoms with Crippen LogP contribution in [0.4, 0.5) is 5.69 Å². The fourth-order valence-corrected chi connectivity index (χ4v) is 3.62. The second kappa shape index (κ2) is 5.52. The normalized spacial score (nSPS) is 15.2. The van der Waals surface area contributed by atoms with Gasteiger partial charge in [0.25, 0.3) is 0 Å². The minimum Gasteiger partial charge on any atom is -0.504 e. The summed E-state index contributed by atoms with van der Waals surface area (Å²) in [6.45, 7) is 0. The van der Waals surface area contributed by atoms with E-state index in [2.05, 4.69) is 28.1 Å². The molecule has 0 saturated carbocycles. The molecule has 0 spiro atoms. The molecule has 3 aromatic carbocycles. The quantitative estimate of drug-likeness (QED) is 0.567. The number of aromatic nitrogens is 2. The summed E-state index contributed by atoms with van der Waals surface area (Å²) in [4.78, 5) is 4.86. The molecule has 0 fully saturated rings. The summed E-state index contributed by atoms with van der Waals surface area (Å²) >= 11 is 0. The number of hydrogen-bond acceptors (Lipinski definition) is 4. The summed E-state index contributed by atoms with van der Waals surface area (Å²) in [7, 11) is 1.55. The van der Waals surface area contributed by atoms with Gasteiger partial charge in [0.15, 0.2) is 11.5 Å². The van der Waals surface area contributed by atoms with Crippen molar-refractivity contribution < 1.29 is 9.84 Å². The Hall–Kier alpha value is -3.47. The molecule has 0 unspecified atom stereocenters. The highest BCUT2D eigenvalue weighted by Gasteiger charge is 2.28. The van der Waals surface area contributed by atoms with Crippen LogP contribution in [0.2, 0.25) is 0 Å². The van der Waals surface area contributed by atoms with E-state index in [0.29, 0.717) is 5.75 Å². The third kappa shape index (κ3) is 2.07. The van der Waals surface area contributed by atoms with Crippen molar-refractivity contribution >= 4 is 16.7 Å². The first-order chi connectivity index (χ1) is 12.8. The lowest BCUT2D eigenvalue weighted by Gasteiger charge is -2.30. The number of ether oxygens (including phenoxy) is 1. The van der Waals surface area contributed by atoms with E-state index in [1.165, 1.54) is 0 Å². The van der Waals surface area contributed by atoms with E-state index in [9.17, 15) is 5.11 Å². The Labute approximate surface area is 150 Å². The lowest BCUT2D eigenvalue weighted by molar-refractivity contribution is 0.372. The molecule has 0 saturated heterocycles. The summed E-state index contributed by atoms with van der Waals surface area (Å²) in [6, 6.07) is 21.7. The second-order valence-electron chi connectivity index (χ2n) is 6.32. The van der Waals surface area contributed by atoms with Crippen LogP contribution in [-0.2, 0) is 0 Å². The highest BCUT2D eigenvalue weighted by Crippen LogP contribution is 2.41. The maximum absolute atomic E-state index is 10.3. The second-order valence-corrected chi connectivity index (χ2v) is 6.32. The van der Waals surface area contributed by atoms with Crippen molar-refractivity contribution in [2.24, 2.45) is 0 Å². The Morgan fingerprint density at radius 2 is 1.85 bits per heavy atom. The van der Waals surface area contributed by atoms with Gasteiger partial charge in [0.05, 0.1) is 18.1 Å². The first-order valence-electron chi connectivity index (χ1n) is 8.46. The van der Waals surface area contributed by atoms with Crippen molar-refractivity contribution in [3.8, 4) is 22.9 Å². The first-order valence-corrected chi connectivity index (χ1v) is 8.46. The van der Waals surface area contributed by atoms with Crippen LogP contribution in [0.3, 0.4) is 0 Å². The van der Waals surface area contributed by atoms with Crippen molar-refractivity contribution in [3.63, 3.8) is 0 Å². The molecule has 5 heteroatoms. The van der Waals surface area contributed by atoms with E-state index in [0.717, 1.165) is 33.7 Å². The van der Waals surface area contributed by atoms with Gasteiger partial charge in [-0.05, 0) is 42.0 Å².